The Kier molecular flexibility index (Phi) is 5.19. The minimum absolute atomic E-state index is 0.0256. The molecular weight excluding hydrogens is 434 g/mol. The number of halogens is 3. The molecule has 0 bridgehead atoms. The molecule has 0 saturated carbocycles. The second kappa shape index (κ2) is 7.76. The van der Waals surface area contributed by atoms with E-state index in [2.05, 4.69) is 31.6 Å². The normalized spacial score (nSPS) is 15.9. The lowest BCUT2D eigenvalue weighted by molar-refractivity contribution is -0.00177. The number of amides is 1. The zero-order valence-corrected chi connectivity index (χ0v) is 16.1. The first-order chi connectivity index (χ1) is 13.5. The fourth-order valence-corrected chi connectivity index (χ4v) is 3.31. The van der Waals surface area contributed by atoms with Crippen molar-refractivity contribution in [2.45, 2.75) is 25.8 Å². The molecule has 1 aromatic heterocycles. The zero-order valence-electron chi connectivity index (χ0n) is 14.5. The summed E-state index contributed by atoms with van der Waals surface area (Å²) >= 11 is 3.40. The van der Waals surface area contributed by atoms with Crippen molar-refractivity contribution >= 4 is 21.8 Å². The summed E-state index contributed by atoms with van der Waals surface area (Å²) < 4.78 is 35.0. The molecule has 1 aliphatic rings. The van der Waals surface area contributed by atoms with Gasteiger partial charge >= 0.3 is 0 Å². The van der Waals surface area contributed by atoms with E-state index in [9.17, 15) is 13.6 Å². The van der Waals surface area contributed by atoms with Crippen molar-refractivity contribution < 1.29 is 18.3 Å². The molecule has 1 unspecified atom stereocenters. The first kappa shape index (κ1) is 18.7. The summed E-state index contributed by atoms with van der Waals surface area (Å²) in [6.45, 7) is 0.597. The molecule has 1 aliphatic heterocycles. The van der Waals surface area contributed by atoms with Crippen molar-refractivity contribution in [1.29, 1.82) is 0 Å². The molecule has 0 aliphatic carbocycles. The Morgan fingerprint density at radius 3 is 2.64 bits per heavy atom. The number of carbonyl (C=O) groups is 1. The van der Waals surface area contributed by atoms with Crippen molar-refractivity contribution in [3.63, 3.8) is 0 Å². The first-order valence-electron chi connectivity index (χ1n) is 8.52. The van der Waals surface area contributed by atoms with Gasteiger partial charge in [0.25, 0.3) is 5.91 Å². The highest BCUT2D eigenvalue weighted by Crippen LogP contribution is 2.27. The maximum Gasteiger partial charge on any atom is 0.274 e. The second-order valence-corrected chi connectivity index (χ2v) is 7.29. The Morgan fingerprint density at radius 2 is 1.93 bits per heavy atom. The third-order valence-corrected chi connectivity index (χ3v) is 4.96. The molecule has 1 N–H and O–H groups in total. The molecule has 0 saturated heterocycles. The number of nitrogens with one attached hydrogen (secondary N) is 1. The summed E-state index contributed by atoms with van der Waals surface area (Å²) in [5.41, 5.74) is 2.03. The van der Waals surface area contributed by atoms with Crippen LogP contribution in [0.4, 0.5) is 8.78 Å². The number of rotatable bonds is 4. The standard InChI is InChI=1S/C19H15BrF2N4O2/c20-13-3-1-12(2-4-13)17-9-26-16(10-28-17)18(24-25-26)19(27)23-8-11-5-14(21)7-15(22)6-11/h1-7,17H,8-10H2,(H,23,27). The Morgan fingerprint density at radius 1 is 1.21 bits per heavy atom. The van der Waals surface area contributed by atoms with Gasteiger partial charge in [-0.25, -0.2) is 13.5 Å². The van der Waals surface area contributed by atoms with Crippen molar-refractivity contribution in [1.82, 2.24) is 20.3 Å². The van der Waals surface area contributed by atoms with Crippen LogP contribution < -0.4 is 5.32 Å². The van der Waals surface area contributed by atoms with Crippen molar-refractivity contribution in [3.05, 3.63) is 81.1 Å². The molecular formula is C19H15BrF2N4O2. The lowest BCUT2D eigenvalue weighted by atomic mass is 10.1. The minimum atomic E-state index is -0.697. The maximum atomic E-state index is 13.3. The van der Waals surface area contributed by atoms with Crippen molar-refractivity contribution in [2.75, 3.05) is 0 Å². The third-order valence-electron chi connectivity index (χ3n) is 4.43. The number of nitrogens with zero attached hydrogens (tertiary/aromatic N) is 3. The van der Waals surface area contributed by atoms with Gasteiger partial charge in [0, 0.05) is 17.1 Å². The molecule has 1 atom stereocenters. The molecule has 2 aromatic carbocycles. The van der Waals surface area contributed by atoms with Crippen LogP contribution in [-0.4, -0.2) is 20.9 Å². The smallest absolute Gasteiger partial charge is 0.274 e. The molecule has 4 rings (SSSR count). The van der Waals surface area contributed by atoms with E-state index in [4.69, 9.17) is 4.74 Å². The fourth-order valence-electron chi connectivity index (χ4n) is 3.05. The van der Waals surface area contributed by atoms with Crippen LogP contribution in [0, 0.1) is 11.6 Å². The van der Waals surface area contributed by atoms with Crippen LogP contribution in [0.5, 0.6) is 0 Å². The average molecular weight is 449 g/mol. The van der Waals surface area contributed by atoms with Gasteiger partial charge in [0.05, 0.1) is 18.8 Å². The van der Waals surface area contributed by atoms with Gasteiger partial charge in [0.1, 0.15) is 17.7 Å². The highest BCUT2D eigenvalue weighted by molar-refractivity contribution is 9.10. The highest BCUT2D eigenvalue weighted by Gasteiger charge is 2.27. The quantitative estimate of drug-likeness (QED) is 0.662. The van der Waals surface area contributed by atoms with E-state index in [1.54, 1.807) is 4.68 Å². The number of aromatic nitrogens is 3. The largest absolute Gasteiger partial charge is 0.365 e. The zero-order chi connectivity index (χ0) is 19.7. The van der Waals surface area contributed by atoms with Crippen LogP contribution >= 0.6 is 15.9 Å². The average Bonchev–Trinajstić information content (AvgIpc) is 3.09. The molecule has 1 amide bonds. The predicted octanol–water partition coefficient (Wildman–Crippen LogP) is 3.52. The summed E-state index contributed by atoms with van der Waals surface area (Å²) in [5.74, 6) is -1.87. The third kappa shape index (κ3) is 3.95. The number of ether oxygens (including phenoxy) is 1. The van der Waals surface area contributed by atoms with E-state index in [0.29, 0.717) is 17.8 Å². The van der Waals surface area contributed by atoms with E-state index in [1.807, 2.05) is 24.3 Å². The van der Waals surface area contributed by atoms with Crippen LogP contribution in [-0.2, 0) is 24.4 Å². The number of benzene rings is 2. The maximum absolute atomic E-state index is 13.3. The minimum Gasteiger partial charge on any atom is -0.365 e. The van der Waals surface area contributed by atoms with Crippen molar-refractivity contribution in [3.8, 4) is 0 Å². The molecule has 6 nitrogen and oxygen atoms in total. The van der Waals surface area contributed by atoms with Crippen LogP contribution in [0.25, 0.3) is 0 Å². The molecule has 2 heterocycles. The molecule has 9 heteroatoms. The van der Waals surface area contributed by atoms with Gasteiger partial charge in [-0.15, -0.1) is 5.10 Å². The summed E-state index contributed by atoms with van der Waals surface area (Å²) in [5, 5.41) is 10.6. The highest BCUT2D eigenvalue weighted by atomic mass is 79.9. The van der Waals surface area contributed by atoms with Crippen LogP contribution in [0.3, 0.4) is 0 Å². The Balaban J connectivity index is 1.45. The van der Waals surface area contributed by atoms with Gasteiger partial charge in [-0.2, -0.15) is 0 Å². The van der Waals surface area contributed by atoms with Gasteiger partial charge < -0.3 is 10.1 Å². The Bertz CT molecular complexity index is 1000. The lowest BCUT2D eigenvalue weighted by Crippen LogP contribution is -2.27. The summed E-state index contributed by atoms with van der Waals surface area (Å²) in [6, 6.07) is 10.9. The Labute approximate surface area is 167 Å². The number of hydrogen-bond donors (Lipinski definition) is 1. The predicted molar refractivity (Wildman–Crippen MR) is 99.2 cm³/mol. The molecule has 0 fully saturated rings. The number of carbonyl (C=O) groups excluding carboxylic acids is 1. The van der Waals surface area contributed by atoms with E-state index in [-0.39, 0.29) is 24.9 Å². The Hall–Kier alpha value is -2.65. The summed E-state index contributed by atoms with van der Waals surface area (Å²) in [6.07, 6.45) is -0.187. The number of fused-ring (bicyclic) bond motifs is 1. The van der Waals surface area contributed by atoms with Gasteiger partial charge in [0.2, 0.25) is 0 Å². The van der Waals surface area contributed by atoms with Gasteiger partial charge in [0.15, 0.2) is 5.69 Å². The fraction of sp³-hybridized carbons (Fsp3) is 0.211. The molecule has 3 aromatic rings. The van der Waals surface area contributed by atoms with E-state index < -0.39 is 17.5 Å². The van der Waals surface area contributed by atoms with Gasteiger partial charge in [-0.05, 0) is 35.4 Å². The van der Waals surface area contributed by atoms with Gasteiger partial charge in [-0.1, -0.05) is 33.3 Å². The summed E-state index contributed by atoms with van der Waals surface area (Å²) in [7, 11) is 0. The van der Waals surface area contributed by atoms with Crippen LogP contribution in [0.1, 0.15) is 33.4 Å². The second-order valence-electron chi connectivity index (χ2n) is 6.38. The summed E-state index contributed by atoms with van der Waals surface area (Å²) in [4.78, 5) is 12.4. The van der Waals surface area contributed by atoms with E-state index in [0.717, 1.165) is 28.2 Å². The topological polar surface area (TPSA) is 69.0 Å². The molecule has 28 heavy (non-hydrogen) atoms. The molecule has 144 valence electrons. The molecule has 0 spiro atoms. The monoisotopic (exact) mass is 448 g/mol. The molecule has 0 radical (unpaired) electrons. The SMILES string of the molecule is O=C(NCc1cc(F)cc(F)c1)c1nnn2c1COC(c1ccc(Br)cc1)C2. The lowest BCUT2D eigenvalue weighted by Gasteiger charge is -2.24. The van der Waals surface area contributed by atoms with E-state index in [1.165, 1.54) is 0 Å². The van der Waals surface area contributed by atoms with Crippen LogP contribution in [0.2, 0.25) is 0 Å². The first-order valence-corrected chi connectivity index (χ1v) is 9.31. The van der Waals surface area contributed by atoms with Crippen LogP contribution in [0.15, 0.2) is 46.9 Å². The van der Waals surface area contributed by atoms with Gasteiger partial charge in [-0.3, -0.25) is 4.79 Å². The van der Waals surface area contributed by atoms with Crippen molar-refractivity contribution in [2.24, 2.45) is 0 Å². The number of hydrogen-bond acceptors (Lipinski definition) is 4. The van der Waals surface area contributed by atoms with E-state index >= 15 is 0 Å².